The van der Waals surface area contributed by atoms with Crippen LogP contribution in [0.1, 0.15) is 40.0 Å². The maximum atomic E-state index is 10.3. The van der Waals surface area contributed by atoms with Crippen molar-refractivity contribution < 1.29 is 14.7 Å². The quantitative estimate of drug-likeness (QED) is 0.479. The molecular formula is C13H19N3O3. The van der Waals surface area contributed by atoms with Gasteiger partial charge in [0.15, 0.2) is 0 Å². The topological polar surface area (TPSA) is 103 Å². The molecule has 1 fully saturated rings. The second-order valence-corrected chi connectivity index (χ2v) is 5.94. The number of aliphatic hydroxyl groups is 1. The van der Waals surface area contributed by atoms with Crippen LogP contribution < -0.4 is 0 Å². The number of nitrogens with zero attached hydrogens (tertiary/aromatic N) is 3. The minimum atomic E-state index is -0.0653. The molecule has 6 heteroatoms. The number of isocyanates is 2. The summed E-state index contributed by atoms with van der Waals surface area (Å²) in [5.74, 6) is 0. The van der Waals surface area contributed by atoms with Gasteiger partial charge in [-0.25, -0.2) is 19.6 Å². The molecule has 0 saturated heterocycles. The van der Waals surface area contributed by atoms with Crippen molar-refractivity contribution in [2.24, 2.45) is 20.8 Å². The summed E-state index contributed by atoms with van der Waals surface area (Å²) < 4.78 is 0. The van der Waals surface area contributed by atoms with Crippen molar-refractivity contribution in [2.45, 2.75) is 46.1 Å². The van der Waals surface area contributed by atoms with E-state index in [1.54, 1.807) is 12.2 Å². The third-order valence-corrected chi connectivity index (χ3v) is 3.18. The summed E-state index contributed by atoms with van der Waals surface area (Å²) in [7, 11) is 0. The second kappa shape index (κ2) is 7.48. The predicted octanol–water partition coefficient (Wildman–Crippen LogP) is 2.08. The minimum Gasteiger partial charge on any atom is -0.443 e. The summed E-state index contributed by atoms with van der Waals surface area (Å²) >= 11 is 0. The van der Waals surface area contributed by atoms with Crippen LogP contribution in [-0.2, 0) is 9.59 Å². The molecule has 2 atom stereocenters. The van der Waals surface area contributed by atoms with E-state index in [2.05, 4.69) is 30.8 Å². The Labute approximate surface area is 112 Å². The van der Waals surface area contributed by atoms with Crippen molar-refractivity contribution in [3.63, 3.8) is 0 Å². The molecule has 2 unspecified atom stereocenters. The van der Waals surface area contributed by atoms with Gasteiger partial charge in [-0.15, -0.1) is 0 Å². The Morgan fingerprint density at radius 1 is 1.26 bits per heavy atom. The lowest BCUT2D eigenvalue weighted by Gasteiger charge is -2.44. The number of rotatable bonds is 3. The largest absolute Gasteiger partial charge is 0.443 e. The SMILES string of the molecule is CC1(C)CC(N=C=O)CC(C)(CN=C=O)C1.N#CO. The predicted molar refractivity (Wildman–Crippen MR) is 68.2 cm³/mol. The average Bonchev–Trinajstić information content (AvgIpc) is 2.25. The molecule has 0 aromatic heterocycles. The minimum absolute atomic E-state index is 0.00750. The van der Waals surface area contributed by atoms with E-state index in [1.807, 2.05) is 0 Å². The van der Waals surface area contributed by atoms with Gasteiger partial charge in [0.1, 0.15) is 0 Å². The molecular weight excluding hydrogens is 246 g/mol. The maximum absolute atomic E-state index is 10.3. The van der Waals surface area contributed by atoms with Crippen LogP contribution in [0.25, 0.3) is 0 Å². The Hall–Kier alpha value is -1.95. The zero-order chi connectivity index (χ0) is 14.9. The van der Waals surface area contributed by atoms with E-state index in [4.69, 9.17) is 10.4 Å². The van der Waals surface area contributed by atoms with E-state index < -0.39 is 0 Å². The molecule has 0 bridgehead atoms. The maximum Gasteiger partial charge on any atom is 0.283 e. The smallest absolute Gasteiger partial charge is 0.283 e. The highest BCUT2D eigenvalue weighted by molar-refractivity contribution is 5.34. The zero-order valence-corrected chi connectivity index (χ0v) is 11.5. The number of hydrogen-bond donors (Lipinski definition) is 1. The Kier molecular flexibility index (Phi) is 6.71. The summed E-state index contributed by atoms with van der Waals surface area (Å²) in [6.45, 7) is 6.86. The van der Waals surface area contributed by atoms with Gasteiger partial charge < -0.3 is 5.11 Å². The van der Waals surface area contributed by atoms with E-state index in [0.717, 1.165) is 25.5 Å². The fourth-order valence-corrected chi connectivity index (χ4v) is 3.09. The first kappa shape index (κ1) is 17.1. The lowest BCUT2D eigenvalue weighted by Crippen LogP contribution is -2.39. The number of aliphatic hydroxyl groups excluding tert-OH is 1. The van der Waals surface area contributed by atoms with E-state index >= 15 is 0 Å². The van der Waals surface area contributed by atoms with Gasteiger partial charge in [-0.3, -0.25) is 0 Å². The van der Waals surface area contributed by atoms with E-state index in [-0.39, 0.29) is 16.9 Å². The highest BCUT2D eigenvalue weighted by Gasteiger charge is 2.41. The molecule has 0 spiro atoms. The molecule has 1 aliphatic rings. The van der Waals surface area contributed by atoms with Gasteiger partial charge >= 0.3 is 0 Å². The van der Waals surface area contributed by atoms with Gasteiger partial charge in [0, 0.05) is 0 Å². The molecule has 0 aliphatic heterocycles. The number of nitriles is 1. The van der Waals surface area contributed by atoms with Gasteiger partial charge in [-0.05, 0) is 30.1 Å². The van der Waals surface area contributed by atoms with Crippen molar-refractivity contribution in [1.29, 1.82) is 5.26 Å². The zero-order valence-electron chi connectivity index (χ0n) is 11.5. The van der Waals surface area contributed by atoms with Gasteiger partial charge in [0.05, 0.1) is 12.6 Å². The Balaban J connectivity index is 0.000000982. The van der Waals surface area contributed by atoms with Crippen molar-refractivity contribution in [3.05, 3.63) is 0 Å². The summed E-state index contributed by atoms with van der Waals surface area (Å²) in [4.78, 5) is 28.0. The molecule has 6 nitrogen and oxygen atoms in total. The number of aliphatic imine (C=N–C) groups is 2. The first-order valence-electron chi connectivity index (χ1n) is 5.96. The normalized spacial score (nSPS) is 27.6. The van der Waals surface area contributed by atoms with Gasteiger partial charge in [0.2, 0.25) is 12.2 Å². The fraction of sp³-hybridized carbons (Fsp3) is 0.769. The van der Waals surface area contributed by atoms with Gasteiger partial charge in [-0.1, -0.05) is 20.8 Å². The third kappa shape index (κ3) is 6.52. The first-order chi connectivity index (χ1) is 8.82. The van der Waals surface area contributed by atoms with Crippen molar-refractivity contribution >= 4 is 12.2 Å². The van der Waals surface area contributed by atoms with Crippen molar-refractivity contribution in [1.82, 2.24) is 0 Å². The fourth-order valence-electron chi connectivity index (χ4n) is 3.09. The standard InChI is InChI=1S/C12H18N2O2.CHNO/c1-11(2)4-10(14-9-16)5-12(3,6-11)7-13-8-15;2-1-3/h10H,4-7H2,1-3H3;3H. The van der Waals surface area contributed by atoms with Crippen LogP contribution in [0.15, 0.2) is 9.98 Å². The summed E-state index contributed by atoms with van der Waals surface area (Å²) in [5, 5.41) is 13.8. The Morgan fingerprint density at radius 2 is 1.84 bits per heavy atom. The lowest BCUT2D eigenvalue weighted by molar-refractivity contribution is 0.0915. The van der Waals surface area contributed by atoms with Crippen molar-refractivity contribution in [3.8, 4) is 6.26 Å². The molecule has 1 aliphatic carbocycles. The lowest BCUT2D eigenvalue weighted by atomic mass is 9.63. The average molecular weight is 265 g/mol. The molecule has 1 saturated carbocycles. The van der Waals surface area contributed by atoms with Crippen LogP contribution in [0.5, 0.6) is 0 Å². The molecule has 0 amide bonds. The third-order valence-electron chi connectivity index (χ3n) is 3.18. The van der Waals surface area contributed by atoms with Crippen LogP contribution in [-0.4, -0.2) is 29.9 Å². The first-order valence-corrected chi connectivity index (χ1v) is 5.96. The molecule has 1 N–H and O–H groups in total. The van der Waals surface area contributed by atoms with Gasteiger partial charge in [0.25, 0.3) is 6.26 Å². The molecule has 0 radical (unpaired) electrons. The molecule has 1 rings (SSSR count). The molecule has 0 aromatic carbocycles. The molecule has 104 valence electrons. The molecule has 0 heterocycles. The number of carbonyl (C=O) groups excluding carboxylic acids is 2. The summed E-state index contributed by atoms with van der Waals surface area (Å²) in [6, 6.07) is 0.00750. The summed E-state index contributed by atoms with van der Waals surface area (Å²) in [6.07, 6.45) is 6.63. The Morgan fingerprint density at radius 3 is 2.32 bits per heavy atom. The van der Waals surface area contributed by atoms with Gasteiger partial charge in [-0.2, -0.15) is 5.26 Å². The second-order valence-electron chi connectivity index (χ2n) is 5.94. The highest BCUT2D eigenvalue weighted by atomic mass is 16.2. The van der Waals surface area contributed by atoms with E-state index in [9.17, 15) is 9.59 Å². The number of hydrogen-bond acceptors (Lipinski definition) is 6. The monoisotopic (exact) mass is 265 g/mol. The van der Waals surface area contributed by atoms with E-state index in [0.29, 0.717) is 6.54 Å². The van der Waals surface area contributed by atoms with Crippen molar-refractivity contribution in [2.75, 3.05) is 6.54 Å². The molecule has 0 aromatic rings. The van der Waals surface area contributed by atoms with Crippen LogP contribution in [0.3, 0.4) is 0 Å². The highest BCUT2D eigenvalue weighted by Crippen LogP contribution is 2.47. The summed E-state index contributed by atoms with van der Waals surface area (Å²) in [5.41, 5.74) is 0.0561. The van der Waals surface area contributed by atoms with Crippen LogP contribution in [0.4, 0.5) is 0 Å². The van der Waals surface area contributed by atoms with Crippen LogP contribution >= 0.6 is 0 Å². The van der Waals surface area contributed by atoms with E-state index in [1.165, 1.54) is 0 Å². The van der Waals surface area contributed by atoms with Crippen LogP contribution in [0, 0.1) is 22.3 Å². The van der Waals surface area contributed by atoms with Crippen LogP contribution in [0.2, 0.25) is 0 Å². The Bertz CT molecular complexity index is 429. The molecule has 19 heavy (non-hydrogen) atoms.